The number of rotatable bonds is 2. The summed E-state index contributed by atoms with van der Waals surface area (Å²) < 4.78 is 1.07. The summed E-state index contributed by atoms with van der Waals surface area (Å²) in [5, 5.41) is 3.38. The van der Waals surface area contributed by atoms with Gasteiger partial charge in [0.25, 0.3) is 5.91 Å². The summed E-state index contributed by atoms with van der Waals surface area (Å²) in [4.78, 5) is 24.7. The molecule has 0 saturated heterocycles. The first-order chi connectivity index (χ1) is 10.0. The normalized spacial score (nSPS) is 10.8. The number of nitrogens with zero attached hydrogens (tertiary/aromatic N) is 3. The highest BCUT2D eigenvalue weighted by molar-refractivity contribution is 7.22. The Labute approximate surface area is 126 Å². The lowest BCUT2D eigenvalue weighted by atomic mass is 10.1. The summed E-state index contributed by atoms with van der Waals surface area (Å²) in [7, 11) is 0. The van der Waals surface area contributed by atoms with Crippen LogP contribution in [0, 0.1) is 20.8 Å². The molecule has 0 spiro atoms. The third-order valence-electron chi connectivity index (χ3n) is 3.06. The van der Waals surface area contributed by atoms with Crippen LogP contribution < -0.4 is 5.32 Å². The number of hydrogen-bond donors (Lipinski definition) is 1. The molecule has 0 radical (unpaired) electrons. The molecule has 0 aliphatic rings. The van der Waals surface area contributed by atoms with Crippen molar-refractivity contribution < 1.29 is 4.79 Å². The Morgan fingerprint density at radius 2 is 2.00 bits per heavy atom. The Morgan fingerprint density at radius 3 is 2.76 bits per heavy atom. The van der Waals surface area contributed by atoms with Gasteiger partial charge in [-0.2, -0.15) is 0 Å². The molecular formula is C15H14N4OS. The minimum atomic E-state index is -0.270. The first-order valence-electron chi connectivity index (χ1n) is 6.52. The van der Waals surface area contributed by atoms with Crippen LogP contribution in [0.15, 0.2) is 24.4 Å². The van der Waals surface area contributed by atoms with Gasteiger partial charge in [-0.15, -0.1) is 0 Å². The summed E-state index contributed by atoms with van der Waals surface area (Å²) in [5.74, 6) is 0.298. The van der Waals surface area contributed by atoms with E-state index >= 15 is 0 Å². The van der Waals surface area contributed by atoms with Crippen molar-refractivity contribution >= 4 is 32.6 Å². The van der Waals surface area contributed by atoms with Crippen molar-refractivity contribution in [1.82, 2.24) is 15.0 Å². The summed E-state index contributed by atoms with van der Waals surface area (Å²) >= 11 is 1.47. The van der Waals surface area contributed by atoms with Gasteiger partial charge in [0.05, 0.1) is 10.2 Å². The minimum Gasteiger partial charge on any atom is -0.296 e. The smallest absolute Gasteiger partial charge is 0.276 e. The summed E-state index contributed by atoms with van der Waals surface area (Å²) in [6, 6.07) is 5.75. The number of hydrogen-bond acceptors (Lipinski definition) is 5. The van der Waals surface area contributed by atoms with Gasteiger partial charge < -0.3 is 0 Å². The van der Waals surface area contributed by atoms with Gasteiger partial charge >= 0.3 is 0 Å². The van der Waals surface area contributed by atoms with E-state index in [0.29, 0.717) is 16.6 Å². The van der Waals surface area contributed by atoms with Crippen molar-refractivity contribution in [2.45, 2.75) is 20.8 Å². The second kappa shape index (κ2) is 5.21. The molecule has 0 fully saturated rings. The Morgan fingerprint density at radius 1 is 1.19 bits per heavy atom. The van der Waals surface area contributed by atoms with Crippen LogP contribution in [0.25, 0.3) is 10.2 Å². The van der Waals surface area contributed by atoms with Gasteiger partial charge in [0.2, 0.25) is 0 Å². The van der Waals surface area contributed by atoms with Crippen LogP contribution in [0.2, 0.25) is 0 Å². The highest BCUT2D eigenvalue weighted by Crippen LogP contribution is 2.29. The first kappa shape index (κ1) is 13.6. The highest BCUT2D eigenvalue weighted by atomic mass is 32.1. The maximum atomic E-state index is 12.2. The van der Waals surface area contributed by atoms with E-state index in [1.165, 1.54) is 16.9 Å². The maximum Gasteiger partial charge on any atom is 0.276 e. The van der Waals surface area contributed by atoms with Crippen molar-refractivity contribution in [3.63, 3.8) is 0 Å². The molecule has 3 aromatic rings. The topological polar surface area (TPSA) is 67.8 Å². The molecule has 6 heteroatoms. The average Bonchev–Trinajstić information content (AvgIpc) is 2.81. The molecule has 0 bridgehead atoms. The van der Waals surface area contributed by atoms with Gasteiger partial charge in [0.1, 0.15) is 11.5 Å². The lowest BCUT2D eigenvalue weighted by Gasteiger charge is -2.00. The van der Waals surface area contributed by atoms with E-state index in [2.05, 4.69) is 32.4 Å². The molecule has 0 aliphatic carbocycles. The number of carbonyl (C=O) groups excluding carboxylic acids is 1. The number of anilines is 1. The molecule has 0 saturated carbocycles. The molecule has 0 unspecified atom stereocenters. The number of aryl methyl sites for hydroxylation is 3. The van der Waals surface area contributed by atoms with Gasteiger partial charge in [-0.25, -0.2) is 15.0 Å². The van der Waals surface area contributed by atoms with Gasteiger partial charge in [-0.1, -0.05) is 17.4 Å². The zero-order valence-corrected chi connectivity index (χ0v) is 12.8. The number of aromatic nitrogens is 3. The molecular weight excluding hydrogens is 284 g/mol. The van der Waals surface area contributed by atoms with E-state index in [1.807, 2.05) is 13.8 Å². The Hall–Kier alpha value is -2.34. The Kier molecular flexibility index (Phi) is 3.39. The molecule has 21 heavy (non-hydrogen) atoms. The van der Waals surface area contributed by atoms with Crippen LogP contribution in [0.1, 0.15) is 27.4 Å². The Bertz CT molecular complexity index is 841. The third-order valence-corrected chi connectivity index (χ3v) is 3.98. The van der Waals surface area contributed by atoms with Crippen LogP contribution in [0.3, 0.4) is 0 Å². The van der Waals surface area contributed by atoms with Gasteiger partial charge in [0, 0.05) is 6.20 Å². The Balaban J connectivity index is 1.91. The second-order valence-corrected chi connectivity index (χ2v) is 5.92. The standard InChI is InChI=1S/C15H14N4OS/c1-8-6-9(2)13-12(7-8)21-15(18-13)19-14(20)11-4-5-16-10(3)17-11/h4-7H,1-3H3,(H,18,19,20). The van der Waals surface area contributed by atoms with Crippen molar-refractivity contribution in [3.05, 3.63) is 47.0 Å². The predicted octanol–water partition coefficient (Wildman–Crippen LogP) is 3.26. The fourth-order valence-corrected chi connectivity index (χ4v) is 3.20. The van der Waals surface area contributed by atoms with Crippen LogP contribution >= 0.6 is 11.3 Å². The second-order valence-electron chi connectivity index (χ2n) is 4.89. The molecule has 0 aliphatic heterocycles. The van der Waals surface area contributed by atoms with Crippen molar-refractivity contribution in [2.24, 2.45) is 0 Å². The molecule has 2 heterocycles. The molecule has 1 N–H and O–H groups in total. The third kappa shape index (κ3) is 2.75. The lowest BCUT2D eigenvalue weighted by molar-refractivity contribution is 0.102. The minimum absolute atomic E-state index is 0.270. The highest BCUT2D eigenvalue weighted by Gasteiger charge is 2.12. The van der Waals surface area contributed by atoms with E-state index in [4.69, 9.17) is 0 Å². The lowest BCUT2D eigenvalue weighted by Crippen LogP contribution is -2.14. The number of thiazole rings is 1. The summed E-state index contributed by atoms with van der Waals surface area (Å²) in [6.45, 7) is 5.82. The fraction of sp³-hybridized carbons (Fsp3) is 0.200. The molecule has 106 valence electrons. The quantitative estimate of drug-likeness (QED) is 0.788. The monoisotopic (exact) mass is 298 g/mol. The average molecular weight is 298 g/mol. The van der Waals surface area contributed by atoms with Crippen LogP contribution in [0.4, 0.5) is 5.13 Å². The van der Waals surface area contributed by atoms with Crippen LogP contribution in [-0.4, -0.2) is 20.9 Å². The number of benzene rings is 1. The largest absolute Gasteiger partial charge is 0.296 e. The van der Waals surface area contributed by atoms with Crippen LogP contribution in [-0.2, 0) is 0 Å². The molecule has 1 aromatic carbocycles. The van der Waals surface area contributed by atoms with Crippen molar-refractivity contribution in [1.29, 1.82) is 0 Å². The van der Waals surface area contributed by atoms with Gasteiger partial charge in [0.15, 0.2) is 5.13 Å². The summed E-state index contributed by atoms with van der Waals surface area (Å²) in [6.07, 6.45) is 1.57. The first-order valence-corrected chi connectivity index (χ1v) is 7.33. The van der Waals surface area contributed by atoms with E-state index < -0.39 is 0 Å². The number of nitrogens with one attached hydrogen (secondary N) is 1. The fourth-order valence-electron chi connectivity index (χ4n) is 2.17. The van der Waals surface area contributed by atoms with E-state index in [1.54, 1.807) is 19.2 Å². The van der Waals surface area contributed by atoms with Gasteiger partial charge in [-0.05, 0) is 44.0 Å². The van der Waals surface area contributed by atoms with E-state index in [9.17, 15) is 4.79 Å². The summed E-state index contributed by atoms with van der Waals surface area (Å²) in [5.41, 5.74) is 3.57. The molecule has 2 aromatic heterocycles. The predicted molar refractivity (Wildman–Crippen MR) is 83.8 cm³/mol. The SMILES string of the molecule is Cc1cc(C)c2nc(NC(=O)c3ccnc(C)n3)sc2c1. The zero-order valence-electron chi connectivity index (χ0n) is 12.0. The van der Waals surface area contributed by atoms with Gasteiger partial charge in [-0.3, -0.25) is 10.1 Å². The number of amides is 1. The van der Waals surface area contributed by atoms with Crippen molar-refractivity contribution in [2.75, 3.05) is 5.32 Å². The van der Waals surface area contributed by atoms with Crippen LogP contribution in [0.5, 0.6) is 0 Å². The van der Waals surface area contributed by atoms with Crippen molar-refractivity contribution in [3.8, 4) is 0 Å². The maximum absolute atomic E-state index is 12.2. The van der Waals surface area contributed by atoms with E-state index in [0.717, 1.165) is 15.8 Å². The molecule has 3 rings (SSSR count). The molecule has 1 amide bonds. The number of carbonyl (C=O) groups is 1. The number of fused-ring (bicyclic) bond motifs is 1. The molecule has 0 atom stereocenters. The zero-order chi connectivity index (χ0) is 15.0. The van der Waals surface area contributed by atoms with E-state index in [-0.39, 0.29) is 5.91 Å². The molecule has 5 nitrogen and oxygen atoms in total.